The molecule has 1 amide bonds. The molecule has 4 heterocycles. The minimum Gasteiger partial charge on any atom is -0.395 e. The smallest absolute Gasteiger partial charge is 0.220 e. The van der Waals surface area contributed by atoms with Crippen molar-refractivity contribution in [1.82, 2.24) is 24.8 Å². The van der Waals surface area contributed by atoms with E-state index in [4.69, 9.17) is 9.84 Å². The van der Waals surface area contributed by atoms with Gasteiger partial charge in [-0.3, -0.25) is 9.36 Å². The molecule has 34 heavy (non-hydrogen) atoms. The molecule has 2 saturated carbocycles. The van der Waals surface area contributed by atoms with Gasteiger partial charge in [-0.1, -0.05) is 6.92 Å². The molecule has 9 nitrogen and oxygen atoms in total. The van der Waals surface area contributed by atoms with Crippen molar-refractivity contribution in [3.8, 4) is 0 Å². The van der Waals surface area contributed by atoms with Gasteiger partial charge in [0.2, 0.25) is 5.91 Å². The van der Waals surface area contributed by atoms with Gasteiger partial charge in [0.05, 0.1) is 18.5 Å². The van der Waals surface area contributed by atoms with Gasteiger partial charge in [0.1, 0.15) is 12.6 Å². The Kier molecular flexibility index (Phi) is 5.33. The van der Waals surface area contributed by atoms with Crippen LogP contribution in [0.2, 0.25) is 0 Å². The number of amides is 1. The number of piperidine rings is 1. The fourth-order valence-electron chi connectivity index (χ4n) is 7.91. The Hall–Kier alpha value is -2.26. The van der Waals surface area contributed by atoms with E-state index in [1.54, 1.807) is 6.33 Å². The van der Waals surface area contributed by atoms with E-state index in [0.29, 0.717) is 48.1 Å². The molecule has 0 radical (unpaired) electrons. The van der Waals surface area contributed by atoms with Gasteiger partial charge in [-0.25, -0.2) is 15.0 Å². The van der Waals surface area contributed by atoms with Crippen molar-refractivity contribution >= 4 is 22.9 Å². The summed E-state index contributed by atoms with van der Waals surface area (Å²) >= 11 is 0. The first-order valence-corrected chi connectivity index (χ1v) is 12.9. The van der Waals surface area contributed by atoms with Crippen LogP contribution in [0.1, 0.15) is 71.4 Å². The second-order valence-electron chi connectivity index (χ2n) is 11.3. The summed E-state index contributed by atoms with van der Waals surface area (Å²) in [4.78, 5) is 25.4. The van der Waals surface area contributed by atoms with Gasteiger partial charge < -0.3 is 20.5 Å². The molecule has 2 aromatic rings. The molecule has 3 N–H and O–H groups in total. The number of hydrogen-bond acceptors (Lipinski definition) is 7. The van der Waals surface area contributed by atoms with Gasteiger partial charge in [-0.15, -0.1) is 0 Å². The van der Waals surface area contributed by atoms with E-state index in [0.717, 1.165) is 44.2 Å². The van der Waals surface area contributed by atoms with E-state index in [2.05, 4.69) is 44.0 Å². The van der Waals surface area contributed by atoms with E-state index in [1.165, 1.54) is 6.42 Å². The molecular formula is C25H36N6O3. The van der Waals surface area contributed by atoms with Crippen LogP contribution < -0.4 is 10.6 Å². The van der Waals surface area contributed by atoms with Gasteiger partial charge in [0.15, 0.2) is 17.0 Å². The summed E-state index contributed by atoms with van der Waals surface area (Å²) in [6.07, 6.45) is 11.5. The Balaban J connectivity index is 1.24. The van der Waals surface area contributed by atoms with Crippen molar-refractivity contribution in [3.63, 3.8) is 0 Å². The SMILES string of the molecule is C[C@]12CCC(=O)N[C@@H]1CC[C@@H]1[C@@H]2CC[C@]2(C)O[C@H](n3cnc4c(NCCO)ncnc43)CC[C@@H]12. The molecule has 0 unspecified atom stereocenters. The van der Waals surface area contributed by atoms with Gasteiger partial charge in [0, 0.05) is 19.0 Å². The zero-order valence-electron chi connectivity index (χ0n) is 20.2. The number of aliphatic hydroxyl groups excluding tert-OH is 1. The van der Waals surface area contributed by atoms with E-state index < -0.39 is 0 Å². The van der Waals surface area contributed by atoms with Crippen LogP contribution in [0.4, 0.5) is 5.82 Å². The van der Waals surface area contributed by atoms with Crippen LogP contribution in [0.5, 0.6) is 0 Å². The Morgan fingerprint density at radius 3 is 2.88 bits per heavy atom. The molecule has 184 valence electrons. The topological polar surface area (TPSA) is 114 Å². The summed E-state index contributed by atoms with van der Waals surface area (Å²) in [5, 5.41) is 15.6. The number of hydrogen-bond donors (Lipinski definition) is 3. The van der Waals surface area contributed by atoms with Crippen molar-refractivity contribution < 1.29 is 14.6 Å². The lowest BCUT2D eigenvalue weighted by Crippen LogP contribution is -2.63. The van der Waals surface area contributed by atoms with Crippen LogP contribution in [0, 0.1) is 23.2 Å². The fourth-order valence-corrected chi connectivity index (χ4v) is 7.91. The van der Waals surface area contributed by atoms with Crippen molar-refractivity contribution in [2.45, 2.75) is 83.1 Å². The van der Waals surface area contributed by atoms with Gasteiger partial charge >= 0.3 is 0 Å². The number of imidazole rings is 1. The summed E-state index contributed by atoms with van der Waals surface area (Å²) in [6, 6.07) is 0.335. The minimum absolute atomic E-state index is 0.0337. The second-order valence-corrected chi connectivity index (χ2v) is 11.3. The van der Waals surface area contributed by atoms with Gasteiger partial charge in [0.25, 0.3) is 0 Å². The molecule has 4 aliphatic rings. The Morgan fingerprint density at radius 1 is 1.15 bits per heavy atom. The van der Waals surface area contributed by atoms with Crippen LogP contribution in [0.25, 0.3) is 11.2 Å². The van der Waals surface area contributed by atoms with E-state index in [-0.39, 0.29) is 29.8 Å². The molecule has 9 heteroatoms. The minimum atomic E-state index is -0.160. The zero-order valence-corrected chi connectivity index (χ0v) is 20.2. The van der Waals surface area contributed by atoms with Gasteiger partial charge in [-0.05, 0) is 75.0 Å². The number of fused-ring (bicyclic) bond motifs is 6. The van der Waals surface area contributed by atoms with Crippen LogP contribution in [0.3, 0.4) is 0 Å². The molecule has 2 aliphatic heterocycles. The highest BCUT2D eigenvalue weighted by molar-refractivity contribution is 5.82. The summed E-state index contributed by atoms with van der Waals surface area (Å²) < 4.78 is 8.98. The summed E-state index contributed by atoms with van der Waals surface area (Å²) in [7, 11) is 0. The average Bonchev–Trinajstić information content (AvgIpc) is 3.27. The third kappa shape index (κ3) is 3.34. The Morgan fingerprint density at radius 2 is 2.03 bits per heavy atom. The maximum Gasteiger partial charge on any atom is 0.220 e. The Bertz CT molecular complexity index is 1090. The highest BCUT2D eigenvalue weighted by Gasteiger charge is 2.59. The number of ether oxygens (including phenoxy) is 1. The lowest BCUT2D eigenvalue weighted by atomic mass is 9.48. The first kappa shape index (κ1) is 22.2. The number of carbonyl (C=O) groups is 1. The maximum atomic E-state index is 12.1. The van der Waals surface area contributed by atoms with Crippen LogP contribution >= 0.6 is 0 Å². The molecule has 2 aliphatic carbocycles. The van der Waals surface area contributed by atoms with Crippen molar-refractivity contribution in [1.29, 1.82) is 0 Å². The van der Waals surface area contributed by atoms with Gasteiger partial charge in [-0.2, -0.15) is 0 Å². The number of nitrogens with zero attached hydrogens (tertiary/aromatic N) is 4. The highest BCUT2D eigenvalue weighted by atomic mass is 16.5. The van der Waals surface area contributed by atoms with E-state index in [1.807, 2.05) is 6.33 Å². The van der Waals surface area contributed by atoms with E-state index in [9.17, 15) is 4.79 Å². The summed E-state index contributed by atoms with van der Waals surface area (Å²) in [5.74, 6) is 2.74. The molecule has 2 saturated heterocycles. The molecular weight excluding hydrogens is 432 g/mol. The maximum absolute atomic E-state index is 12.1. The Labute approximate surface area is 200 Å². The number of aliphatic hydroxyl groups is 1. The normalized spacial score (nSPS) is 39.6. The molecule has 0 bridgehead atoms. The predicted molar refractivity (Wildman–Crippen MR) is 127 cm³/mol. The molecule has 2 aromatic heterocycles. The number of nitrogens with one attached hydrogen (secondary N) is 2. The molecule has 4 fully saturated rings. The number of carbonyl (C=O) groups excluding carboxylic acids is 1. The molecule has 7 atom stereocenters. The van der Waals surface area contributed by atoms with Crippen LogP contribution in [-0.4, -0.2) is 55.3 Å². The quantitative estimate of drug-likeness (QED) is 0.632. The summed E-state index contributed by atoms with van der Waals surface area (Å²) in [5.41, 5.74) is 1.53. The third-order valence-corrected chi connectivity index (χ3v) is 9.63. The molecule has 0 spiro atoms. The standard InChI is InChI=1S/C25H36N6O3/c1-24-9-8-19(33)30-18(24)5-3-15-16(24)7-10-25(2)17(15)4-6-20(34-25)31-14-29-21-22(26-11-12-32)27-13-28-23(21)31/h13-18,20,32H,3-12H2,1-2H3,(H,30,33)(H,26,27,28)/t15-,16+,17+,18-,20+,24-,25+/m1/s1. The monoisotopic (exact) mass is 468 g/mol. The number of anilines is 1. The van der Waals surface area contributed by atoms with Crippen molar-refractivity contribution in [2.75, 3.05) is 18.5 Å². The fraction of sp³-hybridized carbons (Fsp3) is 0.760. The average molecular weight is 469 g/mol. The zero-order chi connectivity index (χ0) is 23.5. The summed E-state index contributed by atoms with van der Waals surface area (Å²) in [6.45, 7) is 5.21. The first-order valence-electron chi connectivity index (χ1n) is 12.9. The second kappa shape index (κ2) is 8.16. The molecule has 6 rings (SSSR count). The number of rotatable bonds is 4. The number of aromatic nitrogens is 4. The first-order chi connectivity index (χ1) is 16.4. The van der Waals surface area contributed by atoms with Crippen molar-refractivity contribution in [3.05, 3.63) is 12.7 Å². The highest BCUT2D eigenvalue weighted by Crippen LogP contribution is 2.61. The lowest BCUT2D eigenvalue weighted by Gasteiger charge is -2.62. The third-order valence-electron chi connectivity index (χ3n) is 9.63. The van der Waals surface area contributed by atoms with Crippen molar-refractivity contribution in [2.24, 2.45) is 23.2 Å². The molecule has 0 aromatic carbocycles. The van der Waals surface area contributed by atoms with Crippen LogP contribution in [0.15, 0.2) is 12.7 Å². The predicted octanol–water partition coefficient (Wildman–Crippen LogP) is 3.02. The van der Waals surface area contributed by atoms with E-state index >= 15 is 0 Å². The van der Waals surface area contributed by atoms with Crippen LogP contribution in [-0.2, 0) is 9.53 Å². The lowest BCUT2D eigenvalue weighted by molar-refractivity contribution is -0.231. The largest absolute Gasteiger partial charge is 0.395 e.